The van der Waals surface area contributed by atoms with Gasteiger partial charge in [-0.15, -0.1) is 0 Å². The van der Waals surface area contributed by atoms with Crippen LogP contribution in [0.15, 0.2) is 59.6 Å². The van der Waals surface area contributed by atoms with Gasteiger partial charge in [-0.05, 0) is 24.3 Å². The molecule has 0 saturated carbocycles. The first-order valence-corrected chi connectivity index (χ1v) is 5.94. The molecule has 2 aromatic rings. The van der Waals surface area contributed by atoms with E-state index in [0.29, 0.717) is 5.84 Å². The molecule has 3 heteroatoms. The number of amidine groups is 1. The molecular weight excluding hydrogens is 224 g/mol. The molecule has 2 aromatic carbocycles. The lowest BCUT2D eigenvalue weighted by atomic mass is 10.3. The van der Waals surface area contributed by atoms with Gasteiger partial charge in [-0.25, -0.2) is 4.99 Å². The Hall–Kier alpha value is -2.29. The fourth-order valence-electron chi connectivity index (χ4n) is 1.49. The summed E-state index contributed by atoms with van der Waals surface area (Å²) < 4.78 is 5.72. The normalized spacial score (nSPS) is 11.3. The first kappa shape index (κ1) is 12.2. The van der Waals surface area contributed by atoms with Gasteiger partial charge in [-0.2, -0.15) is 0 Å². The third-order valence-electron chi connectivity index (χ3n) is 2.43. The number of nitrogens with two attached hydrogens (primary N) is 1. The second kappa shape index (κ2) is 5.87. The van der Waals surface area contributed by atoms with Crippen molar-refractivity contribution >= 4 is 11.5 Å². The van der Waals surface area contributed by atoms with Gasteiger partial charge in [-0.1, -0.05) is 31.2 Å². The number of hydrogen-bond acceptors (Lipinski definition) is 2. The van der Waals surface area contributed by atoms with Crippen LogP contribution in [0.4, 0.5) is 5.69 Å². The molecule has 0 fully saturated rings. The van der Waals surface area contributed by atoms with Gasteiger partial charge in [0.05, 0.1) is 11.5 Å². The van der Waals surface area contributed by atoms with Crippen LogP contribution in [0.3, 0.4) is 0 Å². The van der Waals surface area contributed by atoms with Crippen LogP contribution < -0.4 is 10.5 Å². The highest BCUT2D eigenvalue weighted by Gasteiger charge is 1.98. The highest BCUT2D eigenvalue weighted by Crippen LogP contribution is 2.25. The summed E-state index contributed by atoms with van der Waals surface area (Å²) in [4.78, 5) is 4.29. The number of rotatable bonds is 4. The Kier molecular flexibility index (Phi) is 3.97. The molecule has 0 radical (unpaired) electrons. The number of benzene rings is 2. The van der Waals surface area contributed by atoms with Crippen molar-refractivity contribution in [1.29, 1.82) is 0 Å². The minimum atomic E-state index is 0.617. The second-order valence-electron chi connectivity index (χ2n) is 3.87. The van der Waals surface area contributed by atoms with Crippen molar-refractivity contribution in [2.24, 2.45) is 10.7 Å². The maximum Gasteiger partial charge on any atom is 0.129 e. The maximum absolute atomic E-state index is 5.72. The van der Waals surface area contributed by atoms with Crippen molar-refractivity contribution in [3.63, 3.8) is 0 Å². The molecular formula is C15H16N2O. The molecule has 0 amide bonds. The fraction of sp³-hybridized carbons (Fsp3) is 0.133. The maximum atomic E-state index is 5.72. The molecule has 0 heterocycles. The smallest absolute Gasteiger partial charge is 0.129 e. The number of para-hydroxylation sites is 1. The van der Waals surface area contributed by atoms with E-state index in [9.17, 15) is 0 Å². The topological polar surface area (TPSA) is 47.6 Å². The summed E-state index contributed by atoms with van der Waals surface area (Å²) in [5.41, 5.74) is 6.52. The van der Waals surface area contributed by atoms with Crippen LogP contribution in [0, 0.1) is 0 Å². The summed E-state index contributed by atoms with van der Waals surface area (Å²) in [5, 5.41) is 0. The van der Waals surface area contributed by atoms with E-state index in [4.69, 9.17) is 10.5 Å². The first-order chi connectivity index (χ1) is 8.78. The Morgan fingerprint density at radius 3 is 2.50 bits per heavy atom. The standard InChI is InChI=1S/C15H16N2O/c1-2-15(16)17-12-7-6-10-14(11-12)18-13-8-4-3-5-9-13/h3-11H,2H2,1H3,(H2,16,17). The van der Waals surface area contributed by atoms with Crippen molar-refractivity contribution in [2.75, 3.05) is 0 Å². The van der Waals surface area contributed by atoms with Gasteiger partial charge >= 0.3 is 0 Å². The largest absolute Gasteiger partial charge is 0.457 e. The Balaban J connectivity index is 2.18. The van der Waals surface area contributed by atoms with Crippen LogP contribution in [0.2, 0.25) is 0 Å². The lowest BCUT2D eigenvalue weighted by Crippen LogP contribution is -2.08. The predicted molar refractivity (Wildman–Crippen MR) is 74.5 cm³/mol. The lowest BCUT2D eigenvalue weighted by molar-refractivity contribution is 0.483. The predicted octanol–water partition coefficient (Wildman–Crippen LogP) is 3.88. The first-order valence-electron chi connectivity index (χ1n) is 5.94. The average molecular weight is 240 g/mol. The molecule has 3 nitrogen and oxygen atoms in total. The summed E-state index contributed by atoms with van der Waals surface area (Å²) in [7, 11) is 0. The van der Waals surface area contributed by atoms with Crippen LogP contribution in [-0.4, -0.2) is 5.84 Å². The van der Waals surface area contributed by atoms with Crippen LogP contribution in [0.1, 0.15) is 13.3 Å². The van der Waals surface area contributed by atoms with Gasteiger partial charge in [0, 0.05) is 12.5 Å². The van der Waals surface area contributed by atoms with E-state index in [1.54, 1.807) is 0 Å². The molecule has 0 bridgehead atoms. The Morgan fingerprint density at radius 1 is 1.06 bits per heavy atom. The zero-order valence-corrected chi connectivity index (χ0v) is 10.3. The van der Waals surface area contributed by atoms with E-state index in [2.05, 4.69) is 4.99 Å². The number of ether oxygens (including phenoxy) is 1. The molecule has 0 atom stereocenters. The number of hydrogen-bond donors (Lipinski definition) is 1. The Labute approximate surface area is 107 Å². The van der Waals surface area contributed by atoms with Crippen molar-refractivity contribution in [1.82, 2.24) is 0 Å². The van der Waals surface area contributed by atoms with Crippen molar-refractivity contribution in [3.05, 3.63) is 54.6 Å². The van der Waals surface area contributed by atoms with Crippen LogP contribution in [-0.2, 0) is 0 Å². The molecule has 0 aliphatic heterocycles. The zero-order chi connectivity index (χ0) is 12.8. The summed E-state index contributed by atoms with van der Waals surface area (Å²) >= 11 is 0. The quantitative estimate of drug-likeness (QED) is 0.651. The van der Waals surface area contributed by atoms with E-state index < -0.39 is 0 Å². The summed E-state index contributed by atoms with van der Waals surface area (Å²) in [6.45, 7) is 1.98. The van der Waals surface area contributed by atoms with Crippen LogP contribution in [0.25, 0.3) is 0 Å². The Morgan fingerprint density at radius 2 is 1.78 bits per heavy atom. The summed E-state index contributed by atoms with van der Waals surface area (Å²) in [6, 6.07) is 17.2. The minimum Gasteiger partial charge on any atom is -0.457 e. The number of aliphatic imine (C=N–C) groups is 1. The van der Waals surface area contributed by atoms with Crippen molar-refractivity contribution in [3.8, 4) is 11.5 Å². The highest BCUT2D eigenvalue weighted by atomic mass is 16.5. The van der Waals surface area contributed by atoms with Crippen molar-refractivity contribution in [2.45, 2.75) is 13.3 Å². The van der Waals surface area contributed by atoms with Gasteiger partial charge in [0.25, 0.3) is 0 Å². The monoisotopic (exact) mass is 240 g/mol. The fourth-order valence-corrected chi connectivity index (χ4v) is 1.49. The van der Waals surface area contributed by atoms with Crippen molar-refractivity contribution < 1.29 is 4.74 Å². The summed E-state index contributed by atoms with van der Waals surface area (Å²) in [6.07, 6.45) is 0.740. The number of nitrogens with zero attached hydrogens (tertiary/aromatic N) is 1. The third-order valence-corrected chi connectivity index (χ3v) is 2.43. The second-order valence-corrected chi connectivity index (χ2v) is 3.87. The SMILES string of the molecule is CCC(N)=Nc1cccc(Oc2ccccc2)c1. The van der Waals surface area contributed by atoms with Gasteiger partial charge < -0.3 is 10.5 Å². The zero-order valence-electron chi connectivity index (χ0n) is 10.3. The van der Waals surface area contributed by atoms with Gasteiger partial charge in [-0.3, -0.25) is 0 Å². The highest BCUT2D eigenvalue weighted by molar-refractivity contribution is 5.82. The lowest BCUT2D eigenvalue weighted by Gasteiger charge is -2.06. The minimum absolute atomic E-state index is 0.617. The molecule has 18 heavy (non-hydrogen) atoms. The van der Waals surface area contributed by atoms with Crippen LogP contribution in [0.5, 0.6) is 11.5 Å². The Bertz CT molecular complexity index is 535. The molecule has 92 valence electrons. The van der Waals surface area contributed by atoms with E-state index in [1.807, 2.05) is 61.5 Å². The molecule has 0 aromatic heterocycles. The molecule has 2 rings (SSSR count). The average Bonchev–Trinajstić information content (AvgIpc) is 2.40. The molecule has 0 unspecified atom stereocenters. The van der Waals surface area contributed by atoms with E-state index in [1.165, 1.54) is 0 Å². The van der Waals surface area contributed by atoms with E-state index in [-0.39, 0.29) is 0 Å². The molecule has 0 spiro atoms. The van der Waals surface area contributed by atoms with E-state index in [0.717, 1.165) is 23.6 Å². The third kappa shape index (κ3) is 3.35. The van der Waals surface area contributed by atoms with Gasteiger partial charge in [0.2, 0.25) is 0 Å². The summed E-state index contributed by atoms with van der Waals surface area (Å²) in [5.74, 6) is 2.18. The molecule has 0 aliphatic carbocycles. The molecule has 0 saturated heterocycles. The molecule has 2 N–H and O–H groups in total. The van der Waals surface area contributed by atoms with Crippen LogP contribution >= 0.6 is 0 Å². The van der Waals surface area contributed by atoms with E-state index >= 15 is 0 Å². The van der Waals surface area contributed by atoms with Gasteiger partial charge in [0.1, 0.15) is 11.5 Å². The molecule has 0 aliphatic rings. The van der Waals surface area contributed by atoms with Gasteiger partial charge in [0.15, 0.2) is 0 Å².